The van der Waals surface area contributed by atoms with Gasteiger partial charge in [-0.3, -0.25) is 4.57 Å². The summed E-state index contributed by atoms with van der Waals surface area (Å²) in [6, 6.07) is 16.6. The van der Waals surface area contributed by atoms with Gasteiger partial charge < -0.3 is 0 Å². The van der Waals surface area contributed by atoms with Crippen molar-refractivity contribution in [1.82, 2.24) is 35.0 Å². The highest BCUT2D eigenvalue weighted by Crippen LogP contribution is 2.30. The van der Waals surface area contributed by atoms with Crippen LogP contribution in [0.15, 0.2) is 53.3 Å². The molecule has 8 heteroatoms. The molecule has 2 aromatic heterocycles. The summed E-state index contributed by atoms with van der Waals surface area (Å²) in [6.07, 6.45) is 14.5. The molecular formula is C31H41N7O. The first-order chi connectivity index (χ1) is 19.2. The summed E-state index contributed by atoms with van der Waals surface area (Å²) >= 11 is 0. The molecule has 8 nitrogen and oxygen atoms in total. The third-order valence-electron chi connectivity index (χ3n) is 8.04. The summed E-state index contributed by atoms with van der Waals surface area (Å²) in [5.74, 6) is 2.14. The van der Waals surface area contributed by atoms with E-state index in [9.17, 15) is 4.79 Å². The third-order valence-corrected chi connectivity index (χ3v) is 8.04. The van der Waals surface area contributed by atoms with Gasteiger partial charge in [0, 0.05) is 18.5 Å². The highest BCUT2D eigenvalue weighted by atomic mass is 16.2. The molecule has 1 fully saturated rings. The number of rotatable bonds is 13. The minimum Gasteiger partial charge on any atom is -0.274 e. The minimum absolute atomic E-state index is 0.0359. The highest BCUT2D eigenvalue weighted by molar-refractivity contribution is 5.80. The summed E-state index contributed by atoms with van der Waals surface area (Å²) in [4.78, 5) is 13.5. The number of nitrogens with one attached hydrogen (secondary N) is 1. The van der Waals surface area contributed by atoms with Gasteiger partial charge >= 0.3 is 5.69 Å². The molecule has 4 aromatic rings. The van der Waals surface area contributed by atoms with Crippen molar-refractivity contribution in [2.45, 2.75) is 97.1 Å². The number of aromatic nitrogens is 7. The van der Waals surface area contributed by atoms with E-state index in [2.05, 4.69) is 57.9 Å². The van der Waals surface area contributed by atoms with Crippen LogP contribution in [0.1, 0.15) is 88.9 Å². The van der Waals surface area contributed by atoms with Crippen LogP contribution in [0, 0.1) is 5.92 Å². The van der Waals surface area contributed by atoms with E-state index in [-0.39, 0.29) is 5.69 Å². The minimum atomic E-state index is 0.0359. The first kappa shape index (κ1) is 27.0. The van der Waals surface area contributed by atoms with Gasteiger partial charge in [-0.25, -0.2) is 14.6 Å². The van der Waals surface area contributed by atoms with Crippen LogP contribution in [0.3, 0.4) is 0 Å². The fourth-order valence-electron chi connectivity index (χ4n) is 5.81. The van der Waals surface area contributed by atoms with Crippen LogP contribution in [0.25, 0.3) is 22.5 Å². The number of hydrogen-bond donors (Lipinski definition) is 1. The average molecular weight is 528 g/mol. The predicted octanol–water partition coefficient (Wildman–Crippen LogP) is 6.42. The fraction of sp³-hybridized carbons (Fsp3) is 0.516. The Bertz CT molecular complexity index is 1350. The van der Waals surface area contributed by atoms with E-state index in [1.165, 1.54) is 64.2 Å². The molecule has 0 amide bonds. The molecule has 1 saturated carbocycles. The lowest BCUT2D eigenvalue weighted by molar-refractivity contribution is 0.303. The van der Waals surface area contributed by atoms with E-state index < -0.39 is 0 Å². The van der Waals surface area contributed by atoms with E-state index >= 15 is 0 Å². The number of H-pyrrole nitrogens is 1. The smallest absolute Gasteiger partial charge is 0.274 e. The Morgan fingerprint density at radius 1 is 0.897 bits per heavy atom. The quantitative estimate of drug-likeness (QED) is 0.202. The van der Waals surface area contributed by atoms with Crippen LogP contribution in [0.4, 0.5) is 0 Å². The van der Waals surface area contributed by atoms with Crippen LogP contribution < -0.4 is 5.69 Å². The number of benzene rings is 2. The molecule has 0 unspecified atom stereocenters. The van der Waals surface area contributed by atoms with Gasteiger partial charge in [0.05, 0.1) is 6.54 Å². The van der Waals surface area contributed by atoms with Gasteiger partial charge in [-0.15, -0.1) is 5.10 Å². The molecule has 0 spiro atoms. The summed E-state index contributed by atoms with van der Waals surface area (Å²) < 4.78 is 3.68. The Balaban J connectivity index is 1.34. The van der Waals surface area contributed by atoms with Crippen LogP contribution in [0.2, 0.25) is 0 Å². The van der Waals surface area contributed by atoms with Crippen LogP contribution in [0.5, 0.6) is 0 Å². The van der Waals surface area contributed by atoms with Crippen molar-refractivity contribution in [3.8, 4) is 22.5 Å². The molecule has 1 N–H and O–H groups in total. The monoisotopic (exact) mass is 527 g/mol. The summed E-state index contributed by atoms with van der Waals surface area (Å²) in [6.45, 7) is 3.54. The number of hydrogen-bond acceptors (Lipinski definition) is 5. The topological polar surface area (TPSA) is 94.3 Å². The Labute approximate surface area is 230 Å². The molecule has 39 heavy (non-hydrogen) atoms. The van der Waals surface area contributed by atoms with Gasteiger partial charge in [0.25, 0.3) is 0 Å². The summed E-state index contributed by atoms with van der Waals surface area (Å²) in [7, 11) is 0. The van der Waals surface area contributed by atoms with E-state index in [4.69, 9.17) is 5.10 Å². The Morgan fingerprint density at radius 2 is 1.64 bits per heavy atom. The molecule has 0 atom stereocenters. The third kappa shape index (κ3) is 6.91. The summed E-state index contributed by atoms with van der Waals surface area (Å²) in [5, 5.41) is 19.3. The zero-order valence-corrected chi connectivity index (χ0v) is 23.2. The molecule has 2 aromatic carbocycles. The molecule has 0 bridgehead atoms. The van der Waals surface area contributed by atoms with Crippen molar-refractivity contribution in [1.29, 1.82) is 0 Å². The standard InChI is InChI=1S/C31H41N7O/c1-2-3-4-5-6-10-17-29-34-38(23-24-13-8-7-9-14-24)31(39)37(29)22-25-18-20-26(21-19-25)27-15-11-12-16-28(27)30-32-35-36-33-30/h11-12,15-16,18-21,24H,2-10,13-14,17,22-23H2,1H3,(H,32,33,35,36). The maximum atomic E-state index is 13.5. The maximum Gasteiger partial charge on any atom is 0.346 e. The Kier molecular flexibility index (Phi) is 9.35. The van der Waals surface area contributed by atoms with Gasteiger partial charge in [0.2, 0.25) is 0 Å². The highest BCUT2D eigenvalue weighted by Gasteiger charge is 2.19. The zero-order valence-electron chi connectivity index (χ0n) is 23.2. The van der Waals surface area contributed by atoms with Gasteiger partial charge in [-0.2, -0.15) is 5.10 Å². The van der Waals surface area contributed by atoms with Gasteiger partial charge in [-0.1, -0.05) is 107 Å². The molecule has 0 saturated heterocycles. The van der Waals surface area contributed by atoms with Crippen molar-refractivity contribution in [3.05, 3.63) is 70.4 Å². The van der Waals surface area contributed by atoms with E-state index in [0.29, 0.717) is 18.3 Å². The maximum absolute atomic E-state index is 13.5. The zero-order chi connectivity index (χ0) is 26.9. The molecule has 2 heterocycles. The number of unbranched alkanes of at least 4 members (excludes halogenated alkanes) is 5. The molecular weight excluding hydrogens is 486 g/mol. The predicted molar refractivity (Wildman–Crippen MR) is 154 cm³/mol. The van der Waals surface area contributed by atoms with Crippen molar-refractivity contribution in [3.63, 3.8) is 0 Å². The molecule has 0 radical (unpaired) electrons. The van der Waals surface area contributed by atoms with Gasteiger partial charge in [0.1, 0.15) is 5.82 Å². The van der Waals surface area contributed by atoms with Crippen molar-refractivity contribution in [2.75, 3.05) is 0 Å². The second-order valence-electron chi connectivity index (χ2n) is 11.0. The van der Waals surface area contributed by atoms with Crippen LogP contribution >= 0.6 is 0 Å². The number of aryl methyl sites for hydroxylation is 1. The Morgan fingerprint density at radius 3 is 2.38 bits per heavy atom. The fourth-order valence-corrected chi connectivity index (χ4v) is 5.81. The lowest BCUT2D eigenvalue weighted by Gasteiger charge is -2.20. The van der Waals surface area contributed by atoms with Crippen LogP contribution in [-0.4, -0.2) is 35.0 Å². The first-order valence-corrected chi connectivity index (χ1v) is 14.8. The largest absolute Gasteiger partial charge is 0.346 e. The first-order valence-electron chi connectivity index (χ1n) is 14.8. The van der Waals surface area contributed by atoms with Gasteiger partial charge in [0.15, 0.2) is 5.82 Å². The second kappa shape index (κ2) is 13.5. The number of nitrogens with zero attached hydrogens (tertiary/aromatic N) is 6. The Hall–Kier alpha value is -3.55. The number of tetrazole rings is 1. The van der Waals surface area contributed by atoms with Gasteiger partial charge in [-0.05, 0) is 52.3 Å². The second-order valence-corrected chi connectivity index (χ2v) is 11.0. The molecule has 0 aliphatic heterocycles. The molecule has 5 rings (SSSR count). The molecule has 1 aliphatic rings. The normalized spacial score (nSPS) is 14.2. The van der Waals surface area contributed by atoms with E-state index in [1.54, 1.807) is 4.68 Å². The lowest BCUT2D eigenvalue weighted by Crippen LogP contribution is -2.29. The van der Waals surface area contributed by atoms with E-state index in [1.807, 2.05) is 22.8 Å². The molecule has 1 aliphatic carbocycles. The van der Waals surface area contributed by atoms with Crippen molar-refractivity contribution < 1.29 is 0 Å². The van der Waals surface area contributed by atoms with Crippen molar-refractivity contribution in [2.24, 2.45) is 5.92 Å². The summed E-state index contributed by atoms with van der Waals surface area (Å²) in [5.41, 5.74) is 4.23. The number of aromatic amines is 1. The lowest BCUT2D eigenvalue weighted by atomic mass is 9.89. The van der Waals surface area contributed by atoms with E-state index in [0.717, 1.165) is 47.5 Å². The SMILES string of the molecule is CCCCCCCCc1nn(CC2CCCCC2)c(=O)n1Cc1ccc(-c2ccccc2-c2nnn[nH]2)cc1. The molecule has 206 valence electrons. The van der Waals surface area contributed by atoms with Crippen LogP contribution in [-0.2, 0) is 19.5 Å². The van der Waals surface area contributed by atoms with Crippen molar-refractivity contribution >= 4 is 0 Å². The average Bonchev–Trinajstić information content (AvgIpc) is 3.61.